The van der Waals surface area contributed by atoms with Crippen LogP contribution in [0, 0.1) is 6.92 Å². The Kier molecular flexibility index (Phi) is 5.35. The summed E-state index contributed by atoms with van der Waals surface area (Å²) in [6.07, 6.45) is 3.22. The molecule has 0 fully saturated rings. The first-order chi connectivity index (χ1) is 18.8. The monoisotopic (exact) mass is 521 g/mol. The number of phenols is 2. The number of nitrogens with zero attached hydrogens (tertiary/aromatic N) is 1. The Balaban J connectivity index is 1.80. The van der Waals surface area contributed by atoms with Crippen molar-refractivity contribution >= 4 is 21.9 Å². The lowest BCUT2D eigenvalue weighted by atomic mass is 9.91. The third-order valence-electron chi connectivity index (χ3n) is 6.58. The van der Waals surface area contributed by atoms with E-state index in [1.165, 1.54) is 28.8 Å². The molecule has 0 amide bonds. The second-order valence-corrected chi connectivity index (χ2v) is 9.00. The van der Waals surface area contributed by atoms with Gasteiger partial charge in [-0.15, -0.1) is 0 Å². The molecule has 0 saturated heterocycles. The molecular formula is C30H19NO8. The number of fused-ring (bicyclic) bond motifs is 2. The predicted molar refractivity (Wildman–Crippen MR) is 140 cm³/mol. The summed E-state index contributed by atoms with van der Waals surface area (Å²) in [6.45, 7) is 1.86. The average Bonchev–Trinajstić information content (AvgIpc) is 2.92. The second kappa shape index (κ2) is 8.77. The Hall–Kier alpha value is -5.57. The van der Waals surface area contributed by atoms with Gasteiger partial charge >= 0.3 is 11.3 Å². The van der Waals surface area contributed by atoms with E-state index < -0.39 is 56.5 Å². The number of para-hydroxylation sites is 2. The SMILES string of the molecule is Cc1cc[n+](-c2cc(O)c(-c3c([O-])c4ccccc4oc3=O)c(-c3c(O)c4ccccc4oc3=O)c2O)cc1. The molecule has 192 valence electrons. The summed E-state index contributed by atoms with van der Waals surface area (Å²) in [5, 5.41) is 47.8. The molecule has 0 aliphatic heterocycles. The van der Waals surface area contributed by atoms with Gasteiger partial charge in [0.05, 0.1) is 22.6 Å². The smallest absolute Gasteiger partial charge is 0.348 e. The molecule has 0 aliphatic carbocycles. The van der Waals surface area contributed by atoms with Crippen molar-refractivity contribution in [1.82, 2.24) is 0 Å². The number of benzene rings is 3. The van der Waals surface area contributed by atoms with Crippen LogP contribution in [0.1, 0.15) is 5.56 Å². The van der Waals surface area contributed by atoms with Gasteiger partial charge in [0, 0.05) is 23.1 Å². The number of pyridine rings is 1. The molecule has 0 bridgehead atoms. The largest absolute Gasteiger partial charge is 0.871 e. The molecule has 0 aliphatic rings. The van der Waals surface area contributed by atoms with Crippen molar-refractivity contribution in [3.05, 3.63) is 106 Å². The number of hydrogen-bond donors (Lipinski definition) is 3. The van der Waals surface area contributed by atoms with E-state index in [4.69, 9.17) is 8.83 Å². The van der Waals surface area contributed by atoms with Gasteiger partial charge in [-0.2, -0.15) is 4.57 Å². The first-order valence-electron chi connectivity index (χ1n) is 11.8. The van der Waals surface area contributed by atoms with Crippen LogP contribution in [-0.4, -0.2) is 15.3 Å². The van der Waals surface area contributed by atoms with Crippen molar-refractivity contribution in [2.24, 2.45) is 0 Å². The van der Waals surface area contributed by atoms with Gasteiger partial charge in [0.15, 0.2) is 18.1 Å². The summed E-state index contributed by atoms with van der Waals surface area (Å²) in [7, 11) is 0. The third kappa shape index (κ3) is 3.67. The van der Waals surface area contributed by atoms with Crippen LogP contribution in [0.5, 0.6) is 23.0 Å². The Morgan fingerprint density at radius 2 is 1.26 bits per heavy atom. The van der Waals surface area contributed by atoms with Gasteiger partial charge in [0.1, 0.15) is 28.2 Å². The molecule has 6 aromatic rings. The fourth-order valence-electron chi connectivity index (χ4n) is 4.69. The Bertz CT molecular complexity index is 2060. The Labute approximate surface area is 219 Å². The van der Waals surface area contributed by atoms with Crippen molar-refractivity contribution in [3.8, 4) is 50.9 Å². The summed E-state index contributed by atoms with van der Waals surface area (Å²) in [6, 6.07) is 16.9. The highest BCUT2D eigenvalue weighted by molar-refractivity contribution is 6.02. The lowest BCUT2D eigenvalue weighted by Crippen LogP contribution is -2.29. The zero-order valence-corrected chi connectivity index (χ0v) is 20.3. The van der Waals surface area contributed by atoms with E-state index in [9.17, 15) is 30.0 Å². The predicted octanol–water partition coefficient (Wildman–Crippen LogP) is 4.01. The number of rotatable bonds is 3. The van der Waals surface area contributed by atoms with Gasteiger partial charge < -0.3 is 29.3 Å². The van der Waals surface area contributed by atoms with E-state index in [-0.39, 0.29) is 27.6 Å². The normalized spacial score (nSPS) is 11.3. The third-order valence-corrected chi connectivity index (χ3v) is 6.58. The molecule has 0 unspecified atom stereocenters. The van der Waals surface area contributed by atoms with Gasteiger partial charge in [-0.05, 0) is 30.7 Å². The first kappa shape index (κ1) is 23.8. The first-order valence-corrected chi connectivity index (χ1v) is 11.8. The van der Waals surface area contributed by atoms with E-state index in [0.717, 1.165) is 11.6 Å². The number of phenolic OH excluding ortho intramolecular Hbond substituents is 2. The van der Waals surface area contributed by atoms with E-state index in [2.05, 4.69) is 0 Å². The number of aryl methyl sites for hydroxylation is 1. The number of hydrogen-bond acceptors (Lipinski definition) is 8. The Morgan fingerprint density at radius 1 is 0.692 bits per heavy atom. The van der Waals surface area contributed by atoms with Crippen molar-refractivity contribution in [1.29, 1.82) is 0 Å². The summed E-state index contributed by atoms with van der Waals surface area (Å²) in [5.74, 6) is -2.57. The van der Waals surface area contributed by atoms with Crippen LogP contribution >= 0.6 is 0 Å². The fourth-order valence-corrected chi connectivity index (χ4v) is 4.69. The number of aromatic nitrogens is 1. The van der Waals surface area contributed by atoms with Crippen LogP contribution in [0.25, 0.3) is 49.9 Å². The Morgan fingerprint density at radius 3 is 1.92 bits per heavy atom. The quantitative estimate of drug-likeness (QED) is 0.180. The molecular weight excluding hydrogens is 502 g/mol. The molecule has 9 nitrogen and oxygen atoms in total. The van der Waals surface area contributed by atoms with Gasteiger partial charge in [-0.1, -0.05) is 36.1 Å². The maximum Gasteiger partial charge on any atom is 0.348 e. The van der Waals surface area contributed by atoms with Crippen LogP contribution in [0.15, 0.2) is 97.5 Å². The minimum Gasteiger partial charge on any atom is -0.871 e. The van der Waals surface area contributed by atoms with Crippen LogP contribution < -0.4 is 20.9 Å². The van der Waals surface area contributed by atoms with Crippen molar-refractivity contribution < 1.29 is 33.8 Å². The highest BCUT2D eigenvalue weighted by atomic mass is 16.4. The van der Waals surface area contributed by atoms with E-state index >= 15 is 0 Å². The molecule has 9 heteroatoms. The van der Waals surface area contributed by atoms with Crippen molar-refractivity contribution in [2.75, 3.05) is 0 Å². The summed E-state index contributed by atoms with van der Waals surface area (Å²) in [5.41, 5.74) is -3.24. The van der Waals surface area contributed by atoms with Gasteiger partial charge in [0.25, 0.3) is 5.69 Å². The van der Waals surface area contributed by atoms with Crippen LogP contribution in [0.4, 0.5) is 0 Å². The minimum absolute atomic E-state index is 0.0100. The van der Waals surface area contributed by atoms with E-state index in [1.54, 1.807) is 48.8 Å². The molecule has 6 rings (SSSR count). The molecule has 3 heterocycles. The standard InChI is InChI=1S/C30H19NO8/c1-15-10-12-31(13-11-15)18-14-19(32)22(24-26(33)16-6-2-4-8-20(16)38-29(24)36)23(28(18)35)25-27(34)17-7-3-5-9-21(17)39-30(25)37/h2-14H,1H3,(H3-,32,33,34,35,36,37). The topological polar surface area (TPSA) is 148 Å². The maximum atomic E-state index is 13.5. The van der Waals surface area contributed by atoms with E-state index in [0.29, 0.717) is 0 Å². The van der Waals surface area contributed by atoms with Crippen molar-refractivity contribution in [3.63, 3.8) is 0 Å². The van der Waals surface area contributed by atoms with Crippen molar-refractivity contribution in [2.45, 2.75) is 6.92 Å². The molecule has 0 radical (unpaired) electrons. The summed E-state index contributed by atoms with van der Waals surface area (Å²) < 4.78 is 12.2. The molecule has 0 saturated carbocycles. The van der Waals surface area contributed by atoms with Crippen LogP contribution in [0.3, 0.4) is 0 Å². The molecule has 3 aromatic heterocycles. The summed E-state index contributed by atoms with van der Waals surface area (Å²) in [4.78, 5) is 26.4. The number of aromatic hydroxyl groups is 3. The zero-order chi connectivity index (χ0) is 27.4. The lowest BCUT2D eigenvalue weighted by Gasteiger charge is -2.20. The van der Waals surface area contributed by atoms with Crippen LogP contribution in [0.2, 0.25) is 0 Å². The molecule has 0 spiro atoms. The van der Waals surface area contributed by atoms with Gasteiger partial charge in [0.2, 0.25) is 0 Å². The highest BCUT2D eigenvalue weighted by Crippen LogP contribution is 2.50. The average molecular weight is 521 g/mol. The molecule has 3 N–H and O–H groups in total. The maximum absolute atomic E-state index is 13.5. The molecule has 0 atom stereocenters. The van der Waals surface area contributed by atoms with Gasteiger partial charge in [-0.3, -0.25) is 0 Å². The fraction of sp³-hybridized carbons (Fsp3) is 0.0333. The second-order valence-electron chi connectivity index (χ2n) is 9.00. The van der Waals surface area contributed by atoms with Crippen LogP contribution in [-0.2, 0) is 0 Å². The highest BCUT2D eigenvalue weighted by Gasteiger charge is 2.32. The zero-order valence-electron chi connectivity index (χ0n) is 20.3. The van der Waals surface area contributed by atoms with Gasteiger partial charge in [-0.25, -0.2) is 9.59 Å². The van der Waals surface area contributed by atoms with E-state index in [1.807, 2.05) is 6.92 Å². The lowest BCUT2D eigenvalue weighted by molar-refractivity contribution is -0.596. The molecule has 39 heavy (non-hydrogen) atoms. The summed E-state index contributed by atoms with van der Waals surface area (Å²) >= 11 is 0. The molecule has 3 aromatic carbocycles. The minimum atomic E-state index is -1.10.